The van der Waals surface area contributed by atoms with Gasteiger partial charge in [-0.05, 0) is 12.1 Å². The second-order valence-corrected chi connectivity index (χ2v) is 12.2. The standard InChI is InChI=1S/C19H25N3O8S2/c1-29-15-11-21(10-14(15)23)18(24)13-9-19(30-20-13)7-8-22(12-19)32(27,28)17-6-4-3-5-16(17)31(2,25)26/h3-6,14-15,23H,7-12H2,1-2H3/t14-,15-,19?/m1/s1. The molecule has 0 aliphatic carbocycles. The summed E-state index contributed by atoms with van der Waals surface area (Å²) in [6.07, 6.45) is 0.120. The number of amides is 1. The van der Waals surface area contributed by atoms with E-state index in [0.717, 1.165) is 6.26 Å². The van der Waals surface area contributed by atoms with Gasteiger partial charge in [-0.25, -0.2) is 16.8 Å². The minimum absolute atomic E-state index is 0.0585. The molecule has 0 aromatic heterocycles. The normalized spacial score (nSPS) is 28.8. The molecule has 13 heteroatoms. The van der Waals surface area contributed by atoms with Gasteiger partial charge in [-0.1, -0.05) is 17.3 Å². The number of β-amino-alcohol motifs (C(OH)–C–C–N with tert-alkyl or cyclic N) is 1. The zero-order valence-electron chi connectivity index (χ0n) is 17.7. The summed E-state index contributed by atoms with van der Waals surface area (Å²) in [5.74, 6) is -0.385. The minimum atomic E-state index is -4.11. The summed E-state index contributed by atoms with van der Waals surface area (Å²) >= 11 is 0. The number of aliphatic hydroxyl groups is 1. The van der Waals surface area contributed by atoms with Gasteiger partial charge in [0.1, 0.15) is 16.7 Å². The number of benzene rings is 1. The summed E-state index contributed by atoms with van der Waals surface area (Å²) < 4.78 is 56.9. The maximum atomic E-state index is 13.2. The Bertz CT molecular complexity index is 1170. The van der Waals surface area contributed by atoms with Crippen molar-refractivity contribution in [2.24, 2.45) is 5.16 Å². The second-order valence-electron chi connectivity index (χ2n) is 8.35. The molecule has 1 spiro atoms. The van der Waals surface area contributed by atoms with E-state index in [1.807, 2.05) is 0 Å². The van der Waals surface area contributed by atoms with Gasteiger partial charge in [-0.15, -0.1) is 0 Å². The third-order valence-electron chi connectivity index (χ3n) is 6.06. The molecule has 3 aliphatic rings. The Hall–Kier alpha value is -2.06. The largest absolute Gasteiger partial charge is 0.388 e. The van der Waals surface area contributed by atoms with E-state index in [4.69, 9.17) is 9.57 Å². The van der Waals surface area contributed by atoms with E-state index in [0.29, 0.717) is 6.42 Å². The predicted octanol–water partition coefficient (Wildman–Crippen LogP) is -0.782. The number of ether oxygens (including phenoxy) is 1. The van der Waals surface area contributed by atoms with Crippen LogP contribution in [0.25, 0.3) is 0 Å². The first-order valence-corrected chi connectivity index (χ1v) is 13.3. The summed E-state index contributed by atoms with van der Waals surface area (Å²) in [5.41, 5.74) is -0.832. The van der Waals surface area contributed by atoms with Crippen LogP contribution in [0.3, 0.4) is 0 Å². The van der Waals surface area contributed by atoms with E-state index in [2.05, 4.69) is 5.16 Å². The molecule has 0 bridgehead atoms. The van der Waals surface area contributed by atoms with Gasteiger partial charge in [0.25, 0.3) is 5.91 Å². The smallest absolute Gasteiger partial charge is 0.271 e. The lowest BCUT2D eigenvalue weighted by molar-refractivity contribution is -0.123. The molecule has 0 saturated carbocycles. The molecule has 1 N–H and O–H groups in total. The molecule has 0 radical (unpaired) electrons. The van der Waals surface area contributed by atoms with E-state index >= 15 is 0 Å². The average Bonchev–Trinajstić information content (AvgIpc) is 3.46. The van der Waals surface area contributed by atoms with Crippen molar-refractivity contribution in [3.05, 3.63) is 24.3 Å². The fourth-order valence-electron chi connectivity index (χ4n) is 4.31. The molecule has 4 rings (SSSR count). The lowest BCUT2D eigenvalue weighted by Crippen LogP contribution is -2.40. The van der Waals surface area contributed by atoms with Crippen LogP contribution in [0.2, 0.25) is 0 Å². The zero-order valence-corrected chi connectivity index (χ0v) is 19.3. The fraction of sp³-hybridized carbons (Fsp3) is 0.579. The Morgan fingerprint density at radius 1 is 1.22 bits per heavy atom. The molecule has 3 aliphatic heterocycles. The van der Waals surface area contributed by atoms with Gasteiger partial charge in [0.2, 0.25) is 10.0 Å². The SMILES string of the molecule is CO[C@@H]1CN(C(=O)C2=NOC3(CCN(S(=O)(=O)c4ccccc4S(C)(=O)=O)C3)C2)C[C@H]1O. The summed E-state index contributed by atoms with van der Waals surface area (Å²) in [5, 5.41) is 13.9. The van der Waals surface area contributed by atoms with Crippen LogP contribution in [-0.4, -0.2) is 100 Å². The number of carbonyl (C=O) groups is 1. The first kappa shape index (κ1) is 23.1. The number of carbonyl (C=O) groups excluding carboxylic acids is 1. The van der Waals surface area contributed by atoms with Crippen molar-refractivity contribution in [1.82, 2.24) is 9.21 Å². The highest BCUT2D eigenvalue weighted by Crippen LogP contribution is 2.37. The van der Waals surface area contributed by atoms with E-state index in [-0.39, 0.29) is 54.0 Å². The van der Waals surface area contributed by atoms with Gasteiger partial charge < -0.3 is 19.6 Å². The van der Waals surface area contributed by atoms with Crippen LogP contribution in [0.5, 0.6) is 0 Å². The molecule has 1 amide bonds. The molecule has 3 atom stereocenters. The lowest BCUT2D eigenvalue weighted by Gasteiger charge is -2.22. The van der Waals surface area contributed by atoms with Crippen molar-refractivity contribution in [3.8, 4) is 0 Å². The van der Waals surface area contributed by atoms with Crippen molar-refractivity contribution in [3.63, 3.8) is 0 Å². The van der Waals surface area contributed by atoms with E-state index in [1.165, 1.54) is 40.6 Å². The highest BCUT2D eigenvalue weighted by molar-refractivity contribution is 7.93. The Balaban J connectivity index is 1.49. The Morgan fingerprint density at radius 2 is 1.91 bits per heavy atom. The monoisotopic (exact) mass is 487 g/mol. The molecule has 1 aromatic rings. The molecule has 11 nitrogen and oxygen atoms in total. The summed E-state index contributed by atoms with van der Waals surface area (Å²) in [6.45, 7) is 0.389. The lowest BCUT2D eigenvalue weighted by atomic mass is 9.96. The topological polar surface area (TPSA) is 143 Å². The third-order valence-corrected chi connectivity index (χ3v) is 9.25. The molecule has 2 saturated heterocycles. The number of hydrogen-bond donors (Lipinski definition) is 1. The number of nitrogens with zero attached hydrogens (tertiary/aromatic N) is 3. The van der Waals surface area contributed by atoms with Crippen molar-refractivity contribution < 1.29 is 36.3 Å². The fourth-order valence-corrected chi connectivity index (χ4v) is 7.43. The van der Waals surface area contributed by atoms with Crippen LogP contribution in [0.4, 0.5) is 0 Å². The molecule has 1 aromatic carbocycles. The number of hydrogen-bond acceptors (Lipinski definition) is 9. The number of sulfone groups is 1. The molecule has 3 heterocycles. The van der Waals surface area contributed by atoms with Gasteiger partial charge in [-0.2, -0.15) is 4.31 Å². The van der Waals surface area contributed by atoms with Gasteiger partial charge >= 0.3 is 0 Å². The van der Waals surface area contributed by atoms with Crippen molar-refractivity contribution in [2.45, 2.75) is 40.4 Å². The van der Waals surface area contributed by atoms with Gasteiger partial charge in [0.15, 0.2) is 15.4 Å². The minimum Gasteiger partial charge on any atom is -0.388 e. The first-order chi connectivity index (χ1) is 15.0. The molecule has 2 fully saturated rings. The van der Waals surface area contributed by atoms with E-state index in [1.54, 1.807) is 0 Å². The second kappa shape index (κ2) is 8.06. The Morgan fingerprint density at radius 3 is 2.53 bits per heavy atom. The van der Waals surface area contributed by atoms with Crippen LogP contribution in [0.15, 0.2) is 39.2 Å². The maximum Gasteiger partial charge on any atom is 0.271 e. The van der Waals surface area contributed by atoms with E-state index in [9.17, 15) is 26.7 Å². The van der Waals surface area contributed by atoms with Crippen LogP contribution in [0.1, 0.15) is 12.8 Å². The number of likely N-dealkylation sites (tertiary alicyclic amines) is 1. The molecular formula is C19H25N3O8S2. The average molecular weight is 488 g/mol. The van der Waals surface area contributed by atoms with Crippen molar-refractivity contribution >= 4 is 31.5 Å². The molecule has 1 unspecified atom stereocenters. The molecule has 32 heavy (non-hydrogen) atoms. The van der Waals surface area contributed by atoms with Gasteiger partial charge in [-0.3, -0.25) is 4.79 Å². The maximum absolute atomic E-state index is 13.2. The summed E-state index contributed by atoms with van der Waals surface area (Å²) in [7, 11) is -6.40. The Kier molecular flexibility index (Phi) is 5.82. The number of methoxy groups -OCH3 is 1. The number of sulfonamides is 1. The number of aliphatic hydroxyl groups excluding tert-OH is 1. The summed E-state index contributed by atoms with van der Waals surface area (Å²) in [4.78, 5) is 19.2. The van der Waals surface area contributed by atoms with Crippen LogP contribution in [0, 0.1) is 0 Å². The van der Waals surface area contributed by atoms with Crippen molar-refractivity contribution in [2.75, 3.05) is 39.5 Å². The van der Waals surface area contributed by atoms with Crippen LogP contribution < -0.4 is 0 Å². The highest BCUT2D eigenvalue weighted by atomic mass is 32.2. The first-order valence-electron chi connectivity index (χ1n) is 10.0. The van der Waals surface area contributed by atoms with Gasteiger partial charge in [0.05, 0.1) is 17.5 Å². The predicted molar refractivity (Wildman–Crippen MR) is 112 cm³/mol. The van der Waals surface area contributed by atoms with E-state index < -0.39 is 37.7 Å². The summed E-state index contributed by atoms with van der Waals surface area (Å²) in [6, 6.07) is 5.47. The molecular weight excluding hydrogens is 462 g/mol. The Labute approximate surface area is 186 Å². The number of rotatable bonds is 5. The van der Waals surface area contributed by atoms with Crippen LogP contribution >= 0.6 is 0 Å². The zero-order chi connectivity index (χ0) is 23.3. The van der Waals surface area contributed by atoms with Crippen LogP contribution in [-0.2, 0) is 34.2 Å². The highest BCUT2D eigenvalue weighted by Gasteiger charge is 2.51. The molecule has 176 valence electrons. The quantitative estimate of drug-likeness (QED) is 0.570. The third kappa shape index (κ3) is 4.03. The van der Waals surface area contributed by atoms with Gasteiger partial charge in [0, 0.05) is 45.8 Å². The number of oxime groups is 1. The van der Waals surface area contributed by atoms with Crippen molar-refractivity contribution in [1.29, 1.82) is 0 Å².